The fourth-order valence-corrected chi connectivity index (χ4v) is 5.20. The van der Waals surface area contributed by atoms with Gasteiger partial charge in [-0.1, -0.05) is 42.5 Å². The van der Waals surface area contributed by atoms with Crippen molar-refractivity contribution in [1.82, 2.24) is 14.8 Å². The largest absolute Gasteiger partial charge is 0.370 e. The Morgan fingerprint density at radius 1 is 1.00 bits per heavy atom. The van der Waals surface area contributed by atoms with Crippen LogP contribution in [-0.2, 0) is 5.54 Å². The maximum absolute atomic E-state index is 12.9. The highest BCUT2D eigenvalue weighted by atomic mass is 16.2. The van der Waals surface area contributed by atoms with E-state index in [1.54, 1.807) is 6.20 Å². The number of hydrogen-bond acceptors (Lipinski definition) is 5. The Bertz CT molecular complexity index is 1160. The summed E-state index contributed by atoms with van der Waals surface area (Å²) in [5, 5.41) is 0. The second kappa shape index (κ2) is 8.70. The third-order valence-electron chi connectivity index (χ3n) is 7.02. The summed E-state index contributed by atoms with van der Waals surface area (Å²) < 4.78 is 0. The highest BCUT2D eigenvalue weighted by molar-refractivity contribution is 5.94. The molecule has 1 saturated heterocycles. The van der Waals surface area contributed by atoms with Gasteiger partial charge in [0.2, 0.25) is 0 Å². The van der Waals surface area contributed by atoms with Crippen molar-refractivity contribution in [2.45, 2.75) is 18.4 Å². The molecule has 2 aromatic carbocycles. The molecule has 1 unspecified atom stereocenters. The first kappa shape index (κ1) is 21.2. The third-order valence-corrected chi connectivity index (χ3v) is 7.02. The van der Waals surface area contributed by atoms with Gasteiger partial charge in [0.05, 0.1) is 6.54 Å². The number of benzene rings is 2. The lowest BCUT2D eigenvalue weighted by atomic mass is 9.73. The van der Waals surface area contributed by atoms with E-state index in [0.717, 1.165) is 49.2 Å². The van der Waals surface area contributed by atoms with Gasteiger partial charge in [0.25, 0.3) is 5.91 Å². The van der Waals surface area contributed by atoms with Crippen molar-refractivity contribution >= 4 is 11.9 Å². The first-order chi connectivity index (χ1) is 16.1. The van der Waals surface area contributed by atoms with Gasteiger partial charge in [0.1, 0.15) is 5.54 Å². The van der Waals surface area contributed by atoms with E-state index in [1.807, 2.05) is 59.4 Å². The third kappa shape index (κ3) is 3.97. The number of piperidine rings is 1. The van der Waals surface area contributed by atoms with E-state index in [2.05, 4.69) is 35.3 Å². The van der Waals surface area contributed by atoms with E-state index in [1.165, 1.54) is 5.56 Å². The topological polar surface area (TPSA) is 74.8 Å². The second-order valence-electron chi connectivity index (χ2n) is 9.01. The van der Waals surface area contributed by atoms with Gasteiger partial charge in [-0.05, 0) is 59.7 Å². The number of nitrogens with zero attached hydrogens (tertiary/aromatic N) is 4. The molecule has 168 valence electrons. The Hall–Kier alpha value is -3.67. The highest BCUT2D eigenvalue weighted by Crippen LogP contribution is 2.44. The van der Waals surface area contributed by atoms with Crippen LogP contribution in [0.15, 0.2) is 84.1 Å². The van der Waals surface area contributed by atoms with Crippen LogP contribution in [0.2, 0.25) is 0 Å². The molecule has 6 nitrogen and oxygen atoms in total. The van der Waals surface area contributed by atoms with E-state index < -0.39 is 5.54 Å². The van der Waals surface area contributed by atoms with Gasteiger partial charge in [-0.3, -0.25) is 9.78 Å². The molecular weight excluding hydrogens is 410 g/mol. The van der Waals surface area contributed by atoms with Crippen molar-refractivity contribution in [2.24, 2.45) is 16.6 Å². The lowest BCUT2D eigenvalue weighted by Crippen LogP contribution is -2.46. The lowest BCUT2D eigenvalue weighted by Gasteiger charge is -2.41. The van der Waals surface area contributed by atoms with Gasteiger partial charge in [0.15, 0.2) is 5.96 Å². The molecule has 0 spiro atoms. The van der Waals surface area contributed by atoms with Crippen molar-refractivity contribution in [3.05, 3.63) is 90.3 Å². The van der Waals surface area contributed by atoms with Gasteiger partial charge in [-0.15, -0.1) is 0 Å². The molecule has 1 atom stereocenters. The first-order valence-corrected chi connectivity index (χ1v) is 11.5. The number of pyridine rings is 1. The zero-order valence-electron chi connectivity index (χ0n) is 18.9. The van der Waals surface area contributed by atoms with Crippen LogP contribution in [0.4, 0.5) is 0 Å². The predicted octanol–water partition coefficient (Wildman–Crippen LogP) is 3.76. The zero-order chi connectivity index (χ0) is 22.8. The number of aromatic nitrogens is 1. The Morgan fingerprint density at radius 2 is 1.76 bits per heavy atom. The summed E-state index contributed by atoms with van der Waals surface area (Å²) in [5.41, 5.74) is 10.0. The maximum Gasteiger partial charge on any atom is 0.253 e. The van der Waals surface area contributed by atoms with Gasteiger partial charge >= 0.3 is 0 Å². The molecule has 2 aliphatic heterocycles. The van der Waals surface area contributed by atoms with Crippen LogP contribution >= 0.6 is 0 Å². The fourth-order valence-electron chi connectivity index (χ4n) is 5.20. The average Bonchev–Trinajstić information content (AvgIpc) is 3.20. The summed E-state index contributed by atoms with van der Waals surface area (Å²) in [6.07, 6.45) is 5.45. The van der Waals surface area contributed by atoms with E-state index in [9.17, 15) is 4.79 Å². The molecule has 0 saturated carbocycles. The molecule has 0 radical (unpaired) electrons. The fraction of sp³-hybridized carbons (Fsp3) is 0.296. The second-order valence-corrected chi connectivity index (χ2v) is 9.01. The lowest BCUT2D eigenvalue weighted by molar-refractivity contribution is 0.0634. The number of aliphatic imine (C=N–C) groups is 1. The van der Waals surface area contributed by atoms with Gasteiger partial charge < -0.3 is 15.5 Å². The molecule has 5 rings (SSSR count). The quantitative estimate of drug-likeness (QED) is 0.672. The molecule has 33 heavy (non-hydrogen) atoms. The number of likely N-dealkylation sites (tertiary alicyclic amines) is 1. The van der Waals surface area contributed by atoms with Crippen LogP contribution in [0.25, 0.3) is 11.1 Å². The van der Waals surface area contributed by atoms with Gasteiger partial charge in [-0.25, -0.2) is 4.99 Å². The molecule has 1 amide bonds. The summed E-state index contributed by atoms with van der Waals surface area (Å²) in [6, 6.07) is 22.2. The SMILES string of the molecule is CN1CC(c2cccc(-c3cccnc3)c2)(C2CCN(C(=O)c3ccccc3)CC2)N=C1N. The summed E-state index contributed by atoms with van der Waals surface area (Å²) in [6.45, 7) is 2.19. The summed E-state index contributed by atoms with van der Waals surface area (Å²) in [7, 11) is 2.00. The number of nitrogens with two attached hydrogens (primary N) is 1. The number of guanidine groups is 1. The first-order valence-electron chi connectivity index (χ1n) is 11.5. The molecule has 2 N–H and O–H groups in total. The van der Waals surface area contributed by atoms with Crippen molar-refractivity contribution in [2.75, 3.05) is 26.7 Å². The number of carbonyl (C=O) groups excluding carboxylic acids is 1. The van der Waals surface area contributed by atoms with Crippen molar-refractivity contribution in [3.8, 4) is 11.1 Å². The number of likely N-dealkylation sites (N-methyl/N-ethyl adjacent to an activating group) is 1. The Kier molecular flexibility index (Phi) is 5.58. The van der Waals surface area contributed by atoms with Crippen LogP contribution < -0.4 is 5.73 Å². The molecule has 0 bridgehead atoms. The van der Waals surface area contributed by atoms with E-state index in [4.69, 9.17) is 10.7 Å². The molecule has 2 aliphatic rings. The molecule has 3 heterocycles. The molecular formula is C27H29N5O. The normalized spacial score (nSPS) is 21.2. The standard InChI is InChI=1S/C27H29N5O/c1-31-19-27(30-26(31)28,24-11-5-9-21(17-24)22-10-6-14-29-18-22)23-12-15-32(16-13-23)25(33)20-7-3-2-4-8-20/h2-11,14,17-18,23H,12-13,15-16,19H2,1H3,(H2,28,30). The zero-order valence-corrected chi connectivity index (χ0v) is 18.9. The van der Waals surface area contributed by atoms with Crippen LogP contribution in [0.1, 0.15) is 28.8 Å². The minimum Gasteiger partial charge on any atom is -0.370 e. The Labute approximate surface area is 194 Å². The van der Waals surface area contributed by atoms with E-state index >= 15 is 0 Å². The molecule has 0 aliphatic carbocycles. The Morgan fingerprint density at radius 3 is 2.42 bits per heavy atom. The maximum atomic E-state index is 12.9. The van der Waals surface area contributed by atoms with E-state index in [-0.39, 0.29) is 5.91 Å². The average molecular weight is 440 g/mol. The van der Waals surface area contributed by atoms with Crippen molar-refractivity contribution < 1.29 is 4.79 Å². The molecule has 3 aromatic rings. The monoisotopic (exact) mass is 439 g/mol. The van der Waals surface area contributed by atoms with Crippen LogP contribution in [0, 0.1) is 5.92 Å². The van der Waals surface area contributed by atoms with Gasteiger partial charge in [-0.2, -0.15) is 0 Å². The van der Waals surface area contributed by atoms with Crippen molar-refractivity contribution in [1.29, 1.82) is 0 Å². The predicted molar refractivity (Wildman–Crippen MR) is 131 cm³/mol. The summed E-state index contributed by atoms with van der Waals surface area (Å²) in [5.74, 6) is 0.975. The van der Waals surface area contributed by atoms with Gasteiger partial charge in [0, 0.05) is 38.1 Å². The summed E-state index contributed by atoms with van der Waals surface area (Å²) in [4.78, 5) is 26.3. The minimum absolute atomic E-state index is 0.105. The number of carbonyl (C=O) groups is 1. The minimum atomic E-state index is -0.418. The number of amides is 1. The number of rotatable bonds is 4. The number of hydrogen-bond donors (Lipinski definition) is 1. The molecule has 1 aromatic heterocycles. The summed E-state index contributed by atoms with van der Waals surface area (Å²) >= 11 is 0. The molecule has 6 heteroatoms. The van der Waals surface area contributed by atoms with Crippen LogP contribution in [-0.4, -0.2) is 53.3 Å². The van der Waals surface area contributed by atoms with Crippen LogP contribution in [0.3, 0.4) is 0 Å². The van der Waals surface area contributed by atoms with Crippen molar-refractivity contribution in [3.63, 3.8) is 0 Å². The van der Waals surface area contributed by atoms with E-state index in [0.29, 0.717) is 11.9 Å². The highest BCUT2D eigenvalue weighted by Gasteiger charge is 2.47. The Balaban J connectivity index is 1.43. The molecule has 1 fully saturated rings. The van der Waals surface area contributed by atoms with Crippen LogP contribution in [0.5, 0.6) is 0 Å². The smallest absolute Gasteiger partial charge is 0.253 e.